The van der Waals surface area contributed by atoms with E-state index in [9.17, 15) is 21.6 Å². The third-order valence-electron chi connectivity index (χ3n) is 4.50. The molecule has 164 valence electrons. The average molecular weight is 450 g/mol. The fourth-order valence-electron chi connectivity index (χ4n) is 2.81. The van der Waals surface area contributed by atoms with Crippen LogP contribution in [0.3, 0.4) is 0 Å². The summed E-state index contributed by atoms with van der Waals surface area (Å²) in [5.74, 6) is -0.399. The number of alkyl halides is 3. The molecule has 3 aromatic rings. The predicted molar refractivity (Wildman–Crippen MR) is 113 cm³/mol. The first kappa shape index (κ1) is 22.5. The van der Waals surface area contributed by atoms with Gasteiger partial charge in [-0.05, 0) is 41.8 Å². The summed E-state index contributed by atoms with van der Waals surface area (Å²) in [6, 6.07) is 13.4. The zero-order chi connectivity index (χ0) is 22.6. The highest BCUT2D eigenvalue weighted by Gasteiger charge is 2.35. The molecule has 0 unspecified atom stereocenters. The van der Waals surface area contributed by atoms with Crippen molar-refractivity contribution < 1.29 is 21.6 Å². The van der Waals surface area contributed by atoms with Crippen LogP contribution in [0, 0.1) is 0 Å². The fourth-order valence-corrected chi connectivity index (χ4v) is 3.50. The number of benzene rings is 2. The van der Waals surface area contributed by atoms with E-state index in [0.717, 1.165) is 18.2 Å². The molecule has 2 N–H and O–H groups in total. The number of sulfone groups is 1. The number of nitrogens with zero attached hydrogens (tertiary/aromatic N) is 2. The van der Waals surface area contributed by atoms with E-state index in [-0.39, 0.29) is 17.4 Å². The standard InChI is InChI=1S/C21H21F3N4O2S/c1-3-14-7-9-16(10-8-14)27-20-26-13-18(21(22,23)24)19(28-20)25-12-15-5-4-6-17(11-15)31(2,29)30/h4-11,13H,3,12H2,1-2H3,(H2,25,26,27,28). The van der Waals surface area contributed by atoms with E-state index in [2.05, 4.69) is 20.6 Å². The van der Waals surface area contributed by atoms with Crippen molar-refractivity contribution in [1.82, 2.24) is 9.97 Å². The molecule has 0 aliphatic carbocycles. The van der Waals surface area contributed by atoms with Crippen LogP contribution in [0.25, 0.3) is 0 Å². The summed E-state index contributed by atoms with van der Waals surface area (Å²) in [5, 5.41) is 5.55. The van der Waals surface area contributed by atoms with Gasteiger partial charge in [0.1, 0.15) is 11.4 Å². The molecule has 0 spiro atoms. The first-order valence-corrected chi connectivity index (χ1v) is 11.3. The van der Waals surface area contributed by atoms with E-state index in [1.54, 1.807) is 18.2 Å². The number of anilines is 3. The third kappa shape index (κ3) is 5.94. The van der Waals surface area contributed by atoms with Crippen molar-refractivity contribution in [2.45, 2.75) is 31.0 Å². The molecule has 0 saturated heterocycles. The number of aryl methyl sites for hydroxylation is 1. The maximum absolute atomic E-state index is 13.4. The number of hydrogen-bond donors (Lipinski definition) is 2. The smallest absolute Gasteiger partial charge is 0.365 e. The zero-order valence-corrected chi connectivity index (χ0v) is 17.7. The van der Waals surface area contributed by atoms with Crippen LogP contribution in [0.4, 0.5) is 30.6 Å². The van der Waals surface area contributed by atoms with Crippen LogP contribution < -0.4 is 10.6 Å². The second-order valence-corrected chi connectivity index (χ2v) is 8.92. The Balaban J connectivity index is 1.85. The van der Waals surface area contributed by atoms with Crippen molar-refractivity contribution in [2.75, 3.05) is 16.9 Å². The van der Waals surface area contributed by atoms with E-state index in [1.807, 2.05) is 19.1 Å². The highest BCUT2D eigenvalue weighted by atomic mass is 32.2. The predicted octanol–water partition coefficient (Wildman–Crippen LogP) is 4.82. The molecule has 0 bridgehead atoms. The van der Waals surface area contributed by atoms with Gasteiger partial charge in [-0.1, -0.05) is 31.2 Å². The topological polar surface area (TPSA) is 84.0 Å². The molecule has 31 heavy (non-hydrogen) atoms. The quantitative estimate of drug-likeness (QED) is 0.537. The molecule has 0 fully saturated rings. The summed E-state index contributed by atoms with van der Waals surface area (Å²) >= 11 is 0. The molecule has 10 heteroatoms. The first-order chi connectivity index (χ1) is 14.6. The van der Waals surface area contributed by atoms with Crippen LogP contribution in [0.1, 0.15) is 23.6 Å². The number of aromatic nitrogens is 2. The van der Waals surface area contributed by atoms with Crippen molar-refractivity contribution in [2.24, 2.45) is 0 Å². The van der Waals surface area contributed by atoms with Gasteiger partial charge in [0, 0.05) is 24.7 Å². The van der Waals surface area contributed by atoms with Crippen molar-refractivity contribution in [1.29, 1.82) is 0 Å². The number of halogens is 3. The molecule has 0 aliphatic heterocycles. The van der Waals surface area contributed by atoms with E-state index in [1.165, 1.54) is 18.2 Å². The Bertz CT molecular complexity index is 1160. The van der Waals surface area contributed by atoms with Crippen molar-refractivity contribution >= 4 is 27.3 Å². The van der Waals surface area contributed by atoms with Gasteiger partial charge in [0.05, 0.1) is 4.90 Å². The molecular formula is C21H21F3N4O2S. The summed E-state index contributed by atoms with van der Waals surface area (Å²) in [5.41, 5.74) is 1.25. The summed E-state index contributed by atoms with van der Waals surface area (Å²) < 4.78 is 63.7. The minimum atomic E-state index is -4.65. The largest absolute Gasteiger partial charge is 0.421 e. The zero-order valence-electron chi connectivity index (χ0n) is 16.9. The molecule has 0 aliphatic rings. The van der Waals surface area contributed by atoms with Gasteiger partial charge in [-0.3, -0.25) is 0 Å². The van der Waals surface area contributed by atoms with Crippen LogP contribution in [0.2, 0.25) is 0 Å². The van der Waals surface area contributed by atoms with E-state index >= 15 is 0 Å². The van der Waals surface area contributed by atoms with Crippen LogP contribution >= 0.6 is 0 Å². The number of rotatable bonds is 7. The lowest BCUT2D eigenvalue weighted by Gasteiger charge is -2.15. The first-order valence-electron chi connectivity index (χ1n) is 9.39. The van der Waals surface area contributed by atoms with Gasteiger partial charge in [-0.15, -0.1) is 0 Å². The highest BCUT2D eigenvalue weighted by Crippen LogP contribution is 2.34. The molecule has 1 aromatic heterocycles. The Hall–Kier alpha value is -3.14. The molecule has 0 radical (unpaired) electrons. The van der Waals surface area contributed by atoms with Crippen molar-refractivity contribution in [3.63, 3.8) is 0 Å². The summed E-state index contributed by atoms with van der Waals surface area (Å²) in [6.45, 7) is 1.97. The molecule has 6 nitrogen and oxygen atoms in total. The number of hydrogen-bond acceptors (Lipinski definition) is 6. The van der Waals surface area contributed by atoms with Gasteiger partial charge in [0.25, 0.3) is 0 Å². The van der Waals surface area contributed by atoms with E-state index < -0.39 is 27.4 Å². The second-order valence-electron chi connectivity index (χ2n) is 6.90. The number of nitrogens with one attached hydrogen (secondary N) is 2. The molecular weight excluding hydrogens is 429 g/mol. The Morgan fingerprint density at radius 3 is 2.35 bits per heavy atom. The maximum atomic E-state index is 13.4. The second kappa shape index (κ2) is 8.93. The summed E-state index contributed by atoms with van der Waals surface area (Å²) in [7, 11) is -3.43. The van der Waals surface area contributed by atoms with Gasteiger partial charge in [0.2, 0.25) is 5.95 Å². The van der Waals surface area contributed by atoms with Crippen LogP contribution in [0.5, 0.6) is 0 Å². The van der Waals surface area contributed by atoms with Gasteiger partial charge in [0.15, 0.2) is 9.84 Å². The Morgan fingerprint density at radius 2 is 1.74 bits per heavy atom. The fraction of sp³-hybridized carbons (Fsp3) is 0.238. The minimum absolute atomic E-state index is 0.00429. The molecule has 0 saturated carbocycles. The molecule has 2 aromatic carbocycles. The Morgan fingerprint density at radius 1 is 1.03 bits per heavy atom. The minimum Gasteiger partial charge on any atom is -0.365 e. The summed E-state index contributed by atoms with van der Waals surface area (Å²) in [4.78, 5) is 7.86. The van der Waals surface area contributed by atoms with Crippen LogP contribution in [-0.4, -0.2) is 24.6 Å². The van der Waals surface area contributed by atoms with Gasteiger partial charge < -0.3 is 10.6 Å². The summed E-state index contributed by atoms with van der Waals surface area (Å²) in [6.07, 6.45) is -2.01. The average Bonchev–Trinajstić information content (AvgIpc) is 2.72. The van der Waals surface area contributed by atoms with Crippen LogP contribution in [0.15, 0.2) is 59.6 Å². The highest BCUT2D eigenvalue weighted by molar-refractivity contribution is 7.90. The van der Waals surface area contributed by atoms with E-state index in [0.29, 0.717) is 17.4 Å². The van der Waals surface area contributed by atoms with Gasteiger partial charge >= 0.3 is 6.18 Å². The van der Waals surface area contributed by atoms with Crippen molar-refractivity contribution in [3.05, 3.63) is 71.4 Å². The maximum Gasteiger partial charge on any atom is 0.421 e. The Labute approximate surface area is 178 Å². The van der Waals surface area contributed by atoms with Gasteiger partial charge in [-0.2, -0.15) is 18.2 Å². The normalized spacial score (nSPS) is 11.9. The Kier molecular flexibility index (Phi) is 6.49. The van der Waals surface area contributed by atoms with E-state index in [4.69, 9.17) is 0 Å². The van der Waals surface area contributed by atoms with Crippen LogP contribution in [-0.2, 0) is 29.0 Å². The lowest BCUT2D eigenvalue weighted by atomic mass is 10.1. The lowest BCUT2D eigenvalue weighted by Crippen LogP contribution is -2.14. The molecule has 3 rings (SSSR count). The lowest BCUT2D eigenvalue weighted by molar-refractivity contribution is -0.137. The molecule has 0 amide bonds. The third-order valence-corrected chi connectivity index (χ3v) is 5.61. The van der Waals surface area contributed by atoms with Gasteiger partial charge in [-0.25, -0.2) is 13.4 Å². The molecule has 0 atom stereocenters. The van der Waals surface area contributed by atoms with Crippen molar-refractivity contribution in [3.8, 4) is 0 Å². The SMILES string of the molecule is CCc1ccc(Nc2ncc(C(F)(F)F)c(NCc3cccc(S(C)(=O)=O)c3)n2)cc1. The molecule has 1 heterocycles. The monoisotopic (exact) mass is 450 g/mol.